The van der Waals surface area contributed by atoms with E-state index in [1.165, 1.54) is 6.20 Å². The zero-order valence-electron chi connectivity index (χ0n) is 11.0. The average molecular weight is 277 g/mol. The molecule has 0 atom stereocenters. The number of aromatic nitrogens is 2. The summed E-state index contributed by atoms with van der Waals surface area (Å²) in [6.07, 6.45) is 1.52. The van der Waals surface area contributed by atoms with Gasteiger partial charge in [-0.1, -0.05) is 12.1 Å². The molecule has 0 spiro atoms. The average Bonchev–Trinajstić information content (AvgIpc) is 2.31. The van der Waals surface area contributed by atoms with Crippen molar-refractivity contribution in [3.8, 4) is 0 Å². The van der Waals surface area contributed by atoms with E-state index in [0.717, 1.165) is 5.56 Å². The number of rotatable bonds is 3. The molecule has 0 aliphatic heterocycles. The van der Waals surface area contributed by atoms with Gasteiger partial charge >= 0.3 is 0 Å². The normalized spacial score (nSPS) is 11.3. The molecule has 0 aliphatic rings. The molecule has 19 heavy (non-hydrogen) atoms. The number of hydrogen-bond acceptors (Lipinski definition) is 4. The fourth-order valence-electron chi connectivity index (χ4n) is 1.67. The Morgan fingerprint density at radius 1 is 1.11 bits per heavy atom. The second-order valence-corrected chi connectivity index (χ2v) is 6.05. The van der Waals surface area contributed by atoms with Gasteiger partial charge in [-0.05, 0) is 44.0 Å². The first-order valence-electron chi connectivity index (χ1n) is 5.78. The van der Waals surface area contributed by atoms with Crippen molar-refractivity contribution in [3.05, 3.63) is 47.3 Å². The molecule has 0 saturated carbocycles. The summed E-state index contributed by atoms with van der Waals surface area (Å²) in [5, 5.41) is 0. The van der Waals surface area contributed by atoms with E-state index < -0.39 is 10.0 Å². The van der Waals surface area contributed by atoms with Crippen LogP contribution in [0.2, 0.25) is 0 Å². The molecule has 2 rings (SSSR count). The summed E-state index contributed by atoms with van der Waals surface area (Å²) in [5.41, 5.74) is 2.27. The summed E-state index contributed by atoms with van der Waals surface area (Å²) in [7, 11) is -3.66. The summed E-state index contributed by atoms with van der Waals surface area (Å²) >= 11 is 0. The molecule has 100 valence electrons. The number of hydrogen-bond donors (Lipinski definition) is 1. The van der Waals surface area contributed by atoms with Gasteiger partial charge in [-0.2, -0.15) is 0 Å². The van der Waals surface area contributed by atoms with Crippen LogP contribution in [0.1, 0.15) is 16.8 Å². The molecular weight excluding hydrogens is 262 g/mol. The minimum atomic E-state index is -3.66. The Bertz CT molecular complexity index is 712. The third-order valence-corrected chi connectivity index (χ3v) is 4.12. The van der Waals surface area contributed by atoms with E-state index in [9.17, 15) is 8.42 Å². The zero-order valence-corrected chi connectivity index (χ0v) is 11.8. The van der Waals surface area contributed by atoms with Gasteiger partial charge in [0.1, 0.15) is 0 Å². The minimum absolute atomic E-state index is 0.0842. The smallest absolute Gasteiger partial charge is 0.247 e. The largest absolute Gasteiger partial charge is 0.264 e. The van der Waals surface area contributed by atoms with Crippen LogP contribution in [-0.4, -0.2) is 18.4 Å². The van der Waals surface area contributed by atoms with Crippen LogP contribution in [0.5, 0.6) is 0 Å². The van der Waals surface area contributed by atoms with Crippen LogP contribution in [0.15, 0.2) is 35.4 Å². The second kappa shape index (κ2) is 4.97. The van der Waals surface area contributed by atoms with Gasteiger partial charge < -0.3 is 0 Å². The molecule has 1 N–H and O–H groups in total. The lowest BCUT2D eigenvalue weighted by molar-refractivity contribution is 0.600. The minimum Gasteiger partial charge on any atom is -0.247 e. The summed E-state index contributed by atoms with van der Waals surface area (Å²) in [5.74, 6) is 0.0842. The van der Waals surface area contributed by atoms with Gasteiger partial charge in [0, 0.05) is 11.9 Å². The van der Waals surface area contributed by atoms with Gasteiger partial charge in [-0.3, -0.25) is 0 Å². The van der Waals surface area contributed by atoms with Crippen molar-refractivity contribution in [2.75, 3.05) is 4.72 Å². The second-order valence-electron chi connectivity index (χ2n) is 4.40. The highest BCUT2D eigenvalue weighted by molar-refractivity contribution is 7.92. The summed E-state index contributed by atoms with van der Waals surface area (Å²) in [6.45, 7) is 5.38. The SMILES string of the molecule is Cc1ccc(C)c(S(=O)(=O)Nc2nccc(C)n2)c1. The van der Waals surface area contributed by atoms with Crippen molar-refractivity contribution in [3.63, 3.8) is 0 Å². The fraction of sp³-hybridized carbons (Fsp3) is 0.231. The number of sulfonamides is 1. The maximum Gasteiger partial charge on any atom is 0.264 e. The molecule has 2 aromatic rings. The van der Waals surface area contributed by atoms with Crippen LogP contribution in [-0.2, 0) is 10.0 Å². The molecule has 5 nitrogen and oxygen atoms in total. The first-order valence-corrected chi connectivity index (χ1v) is 7.26. The zero-order chi connectivity index (χ0) is 14.0. The van der Waals surface area contributed by atoms with Crippen LogP contribution in [0.4, 0.5) is 5.95 Å². The Balaban J connectivity index is 2.40. The topological polar surface area (TPSA) is 72.0 Å². The fourth-order valence-corrected chi connectivity index (χ4v) is 2.95. The molecule has 0 radical (unpaired) electrons. The standard InChI is InChI=1S/C13H15N3O2S/c1-9-4-5-10(2)12(8-9)19(17,18)16-13-14-7-6-11(3)15-13/h4-8H,1-3H3,(H,14,15,16). The predicted octanol–water partition coefficient (Wildman–Crippen LogP) is 2.20. The van der Waals surface area contributed by atoms with E-state index in [2.05, 4.69) is 14.7 Å². The maximum absolute atomic E-state index is 12.3. The van der Waals surface area contributed by atoms with Crippen molar-refractivity contribution in [2.45, 2.75) is 25.7 Å². The van der Waals surface area contributed by atoms with Crippen molar-refractivity contribution in [1.82, 2.24) is 9.97 Å². The Kier molecular flexibility index (Phi) is 3.53. The highest BCUT2D eigenvalue weighted by Gasteiger charge is 2.18. The first-order chi connectivity index (χ1) is 8.88. The Morgan fingerprint density at radius 3 is 2.53 bits per heavy atom. The van der Waals surface area contributed by atoms with Crippen molar-refractivity contribution < 1.29 is 8.42 Å². The lowest BCUT2D eigenvalue weighted by Gasteiger charge is -2.10. The molecule has 0 amide bonds. The molecule has 0 aliphatic carbocycles. The quantitative estimate of drug-likeness (QED) is 0.933. The third kappa shape index (κ3) is 3.08. The van der Waals surface area contributed by atoms with Crippen LogP contribution in [0.25, 0.3) is 0 Å². The van der Waals surface area contributed by atoms with Gasteiger partial charge in [-0.25, -0.2) is 23.1 Å². The summed E-state index contributed by atoms with van der Waals surface area (Å²) < 4.78 is 27.0. The Morgan fingerprint density at radius 2 is 1.84 bits per heavy atom. The van der Waals surface area contributed by atoms with Crippen molar-refractivity contribution in [1.29, 1.82) is 0 Å². The molecule has 0 saturated heterocycles. The van der Waals surface area contributed by atoms with E-state index in [0.29, 0.717) is 11.3 Å². The van der Waals surface area contributed by atoms with Crippen LogP contribution < -0.4 is 4.72 Å². The lowest BCUT2D eigenvalue weighted by atomic mass is 10.2. The number of benzene rings is 1. The monoisotopic (exact) mass is 277 g/mol. The predicted molar refractivity (Wildman–Crippen MR) is 73.5 cm³/mol. The maximum atomic E-state index is 12.3. The molecule has 1 heterocycles. The van der Waals surface area contributed by atoms with Gasteiger partial charge in [0.25, 0.3) is 10.0 Å². The number of anilines is 1. The lowest BCUT2D eigenvalue weighted by Crippen LogP contribution is -2.16. The first kappa shape index (κ1) is 13.5. The molecule has 0 unspecified atom stereocenters. The third-order valence-electron chi connectivity index (χ3n) is 2.65. The molecule has 0 fully saturated rings. The summed E-state index contributed by atoms with van der Waals surface area (Å²) in [6, 6.07) is 6.99. The number of nitrogens with one attached hydrogen (secondary N) is 1. The van der Waals surface area contributed by atoms with Gasteiger partial charge in [-0.15, -0.1) is 0 Å². The van der Waals surface area contributed by atoms with Crippen LogP contribution in [0.3, 0.4) is 0 Å². The Hall–Kier alpha value is -1.95. The van der Waals surface area contributed by atoms with Crippen LogP contribution >= 0.6 is 0 Å². The molecule has 6 heteroatoms. The van der Waals surface area contributed by atoms with E-state index in [-0.39, 0.29) is 10.8 Å². The van der Waals surface area contributed by atoms with Gasteiger partial charge in [0.05, 0.1) is 4.90 Å². The van der Waals surface area contributed by atoms with Gasteiger partial charge in [0.15, 0.2) is 0 Å². The van der Waals surface area contributed by atoms with Gasteiger partial charge in [0.2, 0.25) is 5.95 Å². The number of aryl methyl sites for hydroxylation is 3. The van der Waals surface area contributed by atoms with E-state index in [1.54, 1.807) is 32.0 Å². The molecule has 0 bridgehead atoms. The Labute approximate surface area is 112 Å². The van der Waals surface area contributed by atoms with E-state index in [4.69, 9.17) is 0 Å². The van der Waals surface area contributed by atoms with Crippen molar-refractivity contribution >= 4 is 16.0 Å². The molecular formula is C13H15N3O2S. The van der Waals surface area contributed by atoms with E-state index >= 15 is 0 Å². The molecule has 1 aromatic carbocycles. The summed E-state index contributed by atoms with van der Waals surface area (Å²) in [4.78, 5) is 8.18. The number of nitrogens with zero attached hydrogens (tertiary/aromatic N) is 2. The molecule has 1 aromatic heterocycles. The van der Waals surface area contributed by atoms with Crippen LogP contribution in [0, 0.1) is 20.8 Å². The van der Waals surface area contributed by atoms with E-state index in [1.807, 2.05) is 13.0 Å². The highest BCUT2D eigenvalue weighted by Crippen LogP contribution is 2.18. The highest BCUT2D eigenvalue weighted by atomic mass is 32.2. The van der Waals surface area contributed by atoms with Crippen molar-refractivity contribution in [2.24, 2.45) is 0 Å².